The number of fused-ring (bicyclic) bond motifs is 1. The molecule has 1 amide bonds. The van der Waals surface area contributed by atoms with Gasteiger partial charge in [0.2, 0.25) is 12.7 Å². The molecule has 6 heteroatoms. The zero-order valence-corrected chi connectivity index (χ0v) is 15.8. The second-order valence-corrected chi connectivity index (χ2v) is 7.80. The molecule has 0 spiro atoms. The minimum atomic E-state index is -0.0592. The number of hydrogen-bond donors (Lipinski definition) is 0. The highest BCUT2D eigenvalue weighted by molar-refractivity contribution is 5.98. The van der Waals surface area contributed by atoms with E-state index in [0.717, 1.165) is 45.3 Å². The van der Waals surface area contributed by atoms with Crippen LogP contribution in [0.5, 0.6) is 11.5 Å². The van der Waals surface area contributed by atoms with Crippen molar-refractivity contribution in [3.8, 4) is 11.5 Å². The molecule has 3 aliphatic rings. The maximum atomic E-state index is 13.0. The smallest absolute Gasteiger partial charge is 0.236 e. The standard InChI is InChI=1S/C21H28N2O4/c24-20(23-10-3-1-2-4-11-23)14-22-9-5-6-17(13-22)21(25)16-7-8-18-19(12-16)27-15-26-18/h7-8,12,17H,1-6,9-11,13-15H2. The molecule has 0 radical (unpaired) electrons. The highest BCUT2D eigenvalue weighted by Gasteiger charge is 2.29. The van der Waals surface area contributed by atoms with Gasteiger partial charge >= 0.3 is 0 Å². The van der Waals surface area contributed by atoms with Crippen molar-refractivity contribution in [2.24, 2.45) is 5.92 Å². The predicted molar refractivity (Wildman–Crippen MR) is 101 cm³/mol. The van der Waals surface area contributed by atoms with Crippen LogP contribution >= 0.6 is 0 Å². The number of carbonyl (C=O) groups is 2. The minimum absolute atomic E-state index is 0.0592. The monoisotopic (exact) mass is 372 g/mol. The Labute approximate surface area is 160 Å². The topological polar surface area (TPSA) is 59.1 Å². The van der Waals surface area contributed by atoms with Gasteiger partial charge in [0.25, 0.3) is 0 Å². The molecule has 0 aromatic heterocycles. The third-order valence-electron chi connectivity index (χ3n) is 5.85. The Kier molecular flexibility index (Phi) is 5.62. The fourth-order valence-corrected chi connectivity index (χ4v) is 4.31. The SMILES string of the molecule is O=C(c1ccc2c(c1)OCO2)C1CCCN(CC(=O)N2CCCCCC2)C1. The average Bonchev–Trinajstić information content (AvgIpc) is 2.99. The summed E-state index contributed by atoms with van der Waals surface area (Å²) in [7, 11) is 0. The van der Waals surface area contributed by atoms with Crippen LogP contribution in [0.1, 0.15) is 48.9 Å². The summed E-state index contributed by atoms with van der Waals surface area (Å²) in [4.78, 5) is 29.8. The van der Waals surface area contributed by atoms with Crippen molar-refractivity contribution >= 4 is 11.7 Å². The van der Waals surface area contributed by atoms with E-state index in [1.54, 1.807) is 12.1 Å². The molecule has 1 aromatic rings. The van der Waals surface area contributed by atoms with Crippen LogP contribution in [0.15, 0.2) is 18.2 Å². The van der Waals surface area contributed by atoms with Crippen LogP contribution in [-0.2, 0) is 4.79 Å². The van der Waals surface area contributed by atoms with Gasteiger partial charge in [-0.3, -0.25) is 14.5 Å². The first-order valence-corrected chi connectivity index (χ1v) is 10.1. The molecular weight excluding hydrogens is 344 g/mol. The number of piperidine rings is 1. The number of benzene rings is 1. The number of nitrogens with zero attached hydrogens (tertiary/aromatic N) is 2. The van der Waals surface area contributed by atoms with Gasteiger partial charge in [0.05, 0.1) is 6.54 Å². The number of hydrogen-bond acceptors (Lipinski definition) is 5. The van der Waals surface area contributed by atoms with Crippen molar-refractivity contribution in [3.63, 3.8) is 0 Å². The fourth-order valence-electron chi connectivity index (χ4n) is 4.31. The van der Waals surface area contributed by atoms with Crippen LogP contribution in [0, 0.1) is 5.92 Å². The number of ketones is 1. The molecule has 3 aliphatic heterocycles. The van der Waals surface area contributed by atoms with Crippen LogP contribution < -0.4 is 9.47 Å². The number of carbonyl (C=O) groups excluding carboxylic acids is 2. The van der Waals surface area contributed by atoms with Gasteiger partial charge in [-0.05, 0) is 50.4 Å². The molecular formula is C21H28N2O4. The first-order valence-electron chi connectivity index (χ1n) is 10.1. The maximum Gasteiger partial charge on any atom is 0.236 e. The quantitative estimate of drug-likeness (QED) is 0.761. The Morgan fingerprint density at radius 2 is 1.74 bits per heavy atom. The van der Waals surface area contributed by atoms with Gasteiger partial charge in [-0.2, -0.15) is 0 Å². The Balaban J connectivity index is 1.36. The van der Waals surface area contributed by atoms with E-state index in [9.17, 15) is 9.59 Å². The van der Waals surface area contributed by atoms with Gasteiger partial charge in [0, 0.05) is 31.1 Å². The Morgan fingerprint density at radius 3 is 2.56 bits per heavy atom. The minimum Gasteiger partial charge on any atom is -0.454 e. The third-order valence-corrected chi connectivity index (χ3v) is 5.85. The number of rotatable bonds is 4. The van der Waals surface area contributed by atoms with Gasteiger partial charge < -0.3 is 14.4 Å². The molecule has 0 saturated carbocycles. The Bertz CT molecular complexity index is 697. The summed E-state index contributed by atoms with van der Waals surface area (Å²) in [5, 5.41) is 0. The molecule has 1 aromatic carbocycles. The lowest BCUT2D eigenvalue weighted by Gasteiger charge is -2.33. The summed E-state index contributed by atoms with van der Waals surface area (Å²) in [6.45, 7) is 3.96. The van der Waals surface area contributed by atoms with E-state index in [4.69, 9.17) is 9.47 Å². The van der Waals surface area contributed by atoms with Crippen LogP contribution in [0.3, 0.4) is 0 Å². The largest absolute Gasteiger partial charge is 0.454 e. The summed E-state index contributed by atoms with van der Waals surface area (Å²) in [5.74, 6) is 1.63. The van der Waals surface area contributed by atoms with Gasteiger partial charge in [0.1, 0.15) is 0 Å². The van der Waals surface area contributed by atoms with Crippen LogP contribution in [0.25, 0.3) is 0 Å². The molecule has 1 atom stereocenters. The molecule has 146 valence electrons. The lowest BCUT2D eigenvalue weighted by molar-refractivity contribution is -0.132. The van der Waals surface area contributed by atoms with Crippen molar-refractivity contribution in [3.05, 3.63) is 23.8 Å². The van der Waals surface area contributed by atoms with E-state index in [0.29, 0.717) is 30.2 Å². The number of Topliss-reactive ketones (excluding diaryl/α,β-unsaturated/α-hetero) is 1. The zero-order chi connectivity index (χ0) is 18.6. The maximum absolute atomic E-state index is 13.0. The summed E-state index contributed by atoms with van der Waals surface area (Å²) < 4.78 is 10.7. The van der Waals surface area contributed by atoms with Crippen molar-refractivity contribution in [2.75, 3.05) is 39.5 Å². The summed E-state index contributed by atoms with van der Waals surface area (Å²) in [6, 6.07) is 5.40. The van der Waals surface area contributed by atoms with Crippen LogP contribution in [0.4, 0.5) is 0 Å². The number of amides is 1. The predicted octanol–water partition coefficient (Wildman–Crippen LogP) is 2.71. The molecule has 3 heterocycles. The molecule has 0 N–H and O–H groups in total. The normalized spacial score (nSPS) is 23.1. The van der Waals surface area contributed by atoms with Crippen molar-refractivity contribution in [1.29, 1.82) is 0 Å². The molecule has 2 saturated heterocycles. The van der Waals surface area contributed by atoms with Crippen LogP contribution in [-0.4, -0.2) is 61.0 Å². The van der Waals surface area contributed by atoms with E-state index < -0.39 is 0 Å². The van der Waals surface area contributed by atoms with E-state index >= 15 is 0 Å². The number of ether oxygens (including phenoxy) is 2. The molecule has 2 fully saturated rings. The lowest BCUT2D eigenvalue weighted by Crippen LogP contribution is -2.45. The molecule has 0 bridgehead atoms. The van der Waals surface area contributed by atoms with Crippen LogP contribution in [0.2, 0.25) is 0 Å². The van der Waals surface area contributed by atoms with E-state index in [-0.39, 0.29) is 24.4 Å². The molecule has 4 rings (SSSR count). The van der Waals surface area contributed by atoms with E-state index in [1.165, 1.54) is 12.8 Å². The molecule has 1 unspecified atom stereocenters. The average molecular weight is 372 g/mol. The third kappa shape index (κ3) is 4.26. The molecule has 6 nitrogen and oxygen atoms in total. The van der Waals surface area contributed by atoms with Gasteiger partial charge in [-0.1, -0.05) is 12.8 Å². The van der Waals surface area contributed by atoms with Gasteiger partial charge in [-0.15, -0.1) is 0 Å². The first kappa shape index (κ1) is 18.3. The first-order chi connectivity index (χ1) is 13.2. The van der Waals surface area contributed by atoms with Crippen molar-refractivity contribution in [2.45, 2.75) is 38.5 Å². The molecule has 27 heavy (non-hydrogen) atoms. The second kappa shape index (κ2) is 8.30. The van der Waals surface area contributed by atoms with E-state index in [2.05, 4.69) is 4.90 Å². The molecule has 0 aliphatic carbocycles. The van der Waals surface area contributed by atoms with E-state index in [1.807, 2.05) is 11.0 Å². The summed E-state index contributed by atoms with van der Waals surface area (Å²) >= 11 is 0. The lowest BCUT2D eigenvalue weighted by atomic mass is 9.90. The van der Waals surface area contributed by atoms with Gasteiger partial charge in [0.15, 0.2) is 17.3 Å². The highest BCUT2D eigenvalue weighted by atomic mass is 16.7. The summed E-state index contributed by atoms with van der Waals surface area (Å²) in [5.41, 5.74) is 0.671. The number of likely N-dealkylation sites (tertiary alicyclic amines) is 2. The highest BCUT2D eigenvalue weighted by Crippen LogP contribution is 2.33. The van der Waals surface area contributed by atoms with Crippen molar-refractivity contribution in [1.82, 2.24) is 9.80 Å². The Hall–Kier alpha value is -2.08. The second-order valence-electron chi connectivity index (χ2n) is 7.80. The van der Waals surface area contributed by atoms with Crippen molar-refractivity contribution < 1.29 is 19.1 Å². The Morgan fingerprint density at radius 1 is 0.963 bits per heavy atom. The van der Waals surface area contributed by atoms with Gasteiger partial charge in [-0.25, -0.2) is 0 Å². The summed E-state index contributed by atoms with van der Waals surface area (Å²) in [6.07, 6.45) is 6.49. The fraction of sp³-hybridized carbons (Fsp3) is 0.619. The zero-order valence-electron chi connectivity index (χ0n) is 15.8.